The Labute approximate surface area is 220 Å². The Balaban J connectivity index is 1.54. The predicted molar refractivity (Wildman–Crippen MR) is 137 cm³/mol. The number of nitriles is 1. The van der Waals surface area contributed by atoms with Crippen LogP contribution in [0, 0.1) is 28.9 Å². The molecule has 2 aliphatic heterocycles. The Morgan fingerprint density at radius 1 is 0.949 bits per heavy atom. The van der Waals surface area contributed by atoms with Crippen molar-refractivity contribution in [2.24, 2.45) is 5.92 Å². The molecule has 0 aliphatic carbocycles. The highest BCUT2D eigenvalue weighted by Crippen LogP contribution is 2.40. The van der Waals surface area contributed by atoms with Gasteiger partial charge in [-0.05, 0) is 67.3 Å². The highest BCUT2D eigenvalue weighted by molar-refractivity contribution is 5.96. The van der Waals surface area contributed by atoms with Crippen molar-refractivity contribution in [1.29, 1.82) is 5.26 Å². The first-order valence-electron chi connectivity index (χ1n) is 12.6. The average Bonchev–Trinajstić information content (AvgIpc) is 3.39. The van der Waals surface area contributed by atoms with Crippen LogP contribution in [0.25, 0.3) is 33.3 Å². The Kier molecular flexibility index (Phi) is 6.19. The number of alkyl halides is 3. The van der Waals surface area contributed by atoms with Crippen LogP contribution in [0.2, 0.25) is 0 Å². The molecule has 4 aromatic rings. The van der Waals surface area contributed by atoms with Gasteiger partial charge in [0.05, 0.1) is 22.3 Å². The molecule has 3 heterocycles. The van der Waals surface area contributed by atoms with Crippen molar-refractivity contribution in [3.63, 3.8) is 0 Å². The molecule has 2 fully saturated rings. The van der Waals surface area contributed by atoms with Crippen molar-refractivity contribution in [2.45, 2.75) is 25.1 Å². The maximum Gasteiger partial charge on any atom is 0.417 e. The lowest BCUT2D eigenvalue weighted by Crippen LogP contribution is -2.45. The minimum Gasteiger partial charge on any atom is -0.340 e. The molecular formula is C29H22F5N5. The lowest BCUT2D eigenvalue weighted by molar-refractivity contribution is -0.137. The topological polar surface area (TPSA) is 64.8 Å². The third kappa shape index (κ3) is 4.57. The lowest BCUT2D eigenvalue weighted by Gasteiger charge is -2.35. The molecule has 2 aliphatic rings. The molecule has 2 saturated heterocycles. The van der Waals surface area contributed by atoms with E-state index in [1.807, 2.05) is 0 Å². The highest BCUT2D eigenvalue weighted by Gasteiger charge is 2.36. The fourth-order valence-corrected chi connectivity index (χ4v) is 5.67. The SMILES string of the molecule is N#Cc1ccc(-c2nc(N3CCC4NCCC4C3)nc3ccc(-c4c(F)cccc4C(F)(F)F)cc23)cc1F. The van der Waals surface area contributed by atoms with Crippen LogP contribution in [0.3, 0.4) is 0 Å². The largest absolute Gasteiger partial charge is 0.417 e. The van der Waals surface area contributed by atoms with E-state index in [2.05, 4.69) is 10.2 Å². The van der Waals surface area contributed by atoms with Gasteiger partial charge in [-0.25, -0.2) is 18.7 Å². The molecular weight excluding hydrogens is 513 g/mol. The van der Waals surface area contributed by atoms with Crippen LogP contribution in [-0.2, 0) is 6.18 Å². The number of nitrogens with one attached hydrogen (secondary N) is 1. The average molecular weight is 536 g/mol. The number of piperidine rings is 1. The molecule has 0 spiro atoms. The van der Waals surface area contributed by atoms with Gasteiger partial charge >= 0.3 is 6.18 Å². The summed E-state index contributed by atoms with van der Waals surface area (Å²) in [6.45, 7) is 2.41. The van der Waals surface area contributed by atoms with E-state index in [0.29, 0.717) is 40.9 Å². The summed E-state index contributed by atoms with van der Waals surface area (Å²) in [7, 11) is 0. The molecule has 198 valence electrons. The molecule has 2 atom stereocenters. The van der Waals surface area contributed by atoms with Crippen LogP contribution in [0.5, 0.6) is 0 Å². The van der Waals surface area contributed by atoms with Crippen molar-refractivity contribution in [1.82, 2.24) is 15.3 Å². The molecule has 10 heteroatoms. The van der Waals surface area contributed by atoms with E-state index in [9.17, 15) is 22.0 Å². The summed E-state index contributed by atoms with van der Waals surface area (Å²) in [6, 6.07) is 13.5. The standard InChI is InChI=1S/C29H22F5N5/c30-22-3-1-2-21(29(32,33)34)26(22)16-6-7-25-20(12-16)27(17-4-5-18(14-35)23(31)13-17)38-28(37-25)39-11-9-24-19(15-39)8-10-36-24/h1-7,12-13,19,24,36H,8-11,15H2. The number of nitrogens with zero attached hydrogens (tertiary/aromatic N) is 4. The molecule has 6 rings (SSSR count). The number of anilines is 1. The first-order chi connectivity index (χ1) is 18.7. The molecule has 0 radical (unpaired) electrons. The van der Waals surface area contributed by atoms with Gasteiger partial charge in [0, 0.05) is 35.6 Å². The van der Waals surface area contributed by atoms with Crippen molar-refractivity contribution < 1.29 is 22.0 Å². The van der Waals surface area contributed by atoms with Crippen LogP contribution < -0.4 is 10.2 Å². The number of benzene rings is 3. The molecule has 2 unspecified atom stereocenters. The van der Waals surface area contributed by atoms with E-state index in [-0.39, 0.29) is 16.8 Å². The summed E-state index contributed by atoms with van der Waals surface area (Å²) in [5.41, 5.74) is -0.772. The summed E-state index contributed by atoms with van der Waals surface area (Å²) in [6.07, 6.45) is -2.82. The minimum atomic E-state index is -4.77. The van der Waals surface area contributed by atoms with Gasteiger partial charge < -0.3 is 10.2 Å². The maximum absolute atomic E-state index is 14.8. The third-order valence-corrected chi connectivity index (χ3v) is 7.59. The summed E-state index contributed by atoms with van der Waals surface area (Å²) in [4.78, 5) is 11.6. The van der Waals surface area contributed by atoms with Crippen LogP contribution in [0.1, 0.15) is 24.0 Å². The van der Waals surface area contributed by atoms with Crippen molar-refractivity contribution in [3.8, 4) is 28.5 Å². The number of hydrogen-bond acceptors (Lipinski definition) is 5. The normalized spacial score (nSPS) is 19.2. The van der Waals surface area contributed by atoms with Crippen molar-refractivity contribution in [3.05, 3.63) is 77.4 Å². The summed E-state index contributed by atoms with van der Waals surface area (Å²) < 4.78 is 70.8. The quantitative estimate of drug-likeness (QED) is 0.311. The Hall–Kier alpha value is -4.10. The number of rotatable bonds is 3. The summed E-state index contributed by atoms with van der Waals surface area (Å²) in [5, 5.41) is 13.0. The van der Waals surface area contributed by atoms with E-state index in [0.717, 1.165) is 44.1 Å². The molecule has 1 N–H and O–H groups in total. The van der Waals surface area contributed by atoms with Crippen LogP contribution in [0.15, 0.2) is 54.6 Å². The van der Waals surface area contributed by atoms with E-state index in [4.69, 9.17) is 15.2 Å². The van der Waals surface area contributed by atoms with Gasteiger partial charge in [0.2, 0.25) is 5.95 Å². The zero-order valence-corrected chi connectivity index (χ0v) is 20.6. The van der Waals surface area contributed by atoms with E-state index >= 15 is 0 Å². The van der Waals surface area contributed by atoms with Gasteiger partial charge in [0.1, 0.15) is 17.7 Å². The van der Waals surface area contributed by atoms with Gasteiger partial charge in [-0.2, -0.15) is 18.4 Å². The highest BCUT2D eigenvalue weighted by atomic mass is 19.4. The first kappa shape index (κ1) is 25.2. The Morgan fingerprint density at radius 2 is 1.77 bits per heavy atom. The fraction of sp³-hybridized carbons (Fsp3) is 0.276. The van der Waals surface area contributed by atoms with E-state index < -0.39 is 28.9 Å². The second kappa shape index (κ2) is 9.58. The molecule has 1 aromatic heterocycles. The third-order valence-electron chi connectivity index (χ3n) is 7.59. The Bertz CT molecular complexity index is 1630. The zero-order chi connectivity index (χ0) is 27.3. The molecule has 5 nitrogen and oxygen atoms in total. The van der Waals surface area contributed by atoms with Crippen LogP contribution in [0.4, 0.5) is 27.9 Å². The summed E-state index contributed by atoms with van der Waals surface area (Å²) >= 11 is 0. The maximum atomic E-state index is 14.8. The van der Waals surface area contributed by atoms with Gasteiger partial charge in [-0.3, -0.25) is 0 Å². The van der Waals surface area contributed by atoms with Gasteiger partial charge in [0.15, 0.2) is 0 Å². The molecule has 0 saturated carbocycles. The minimum absolute atomic E-state index is 0.00233. The second-order valence-corrected chi connectivity index (χ2v) is 9.91. The van der Waals surface area contributed by atoms with E-state index in [1.54, 1.807) is 6.07 Å². The predicted octanol–water partition coefficient (Wildman–Crippen LogP) is 6.32. The van der Waals surface area contributed by atoms with Crippen molar-refractivity contribution in [2.75, 3.05) is 24.5 Å². The lowest BCUT2D eigenvalue weighted by atomic mass is 9.93. The van der Waals surface area contributed by atoms with E-state index in [1.165, 1.54) is 36.4 Å². The smallest absolute Gasteiger partial charge is 0.340 e. The monoisotopic (exact) mass is 535 g/mol. The number of hydrogen-bond donors (Lipinski definition) is 1. The Morgan fingerprint density at radius 3 is 2.54 bits per heavy atom. The van der Waals surface area contributed by atoms with Gasteiger partial charge in [-0.1, -0.05) is 18.2 Å². The number of halogens is 5. The molecule has 0 bridgehead atoms. The van der Waals surface area contributed by atoms with Crippen molar-refractivity contribution >= 4 is 16.9 Å². The van der Waals surface area contributed by atoms with Gasteiger partial charge in [0.25, 0.3) is 0 Å². The molecule has 3 aromatic carbocycles. The van der Waals surface area contributed by atoms with Crippen LogP contribution >= 0.6 is 0 Å². The first-order valence-corrected chi connectivity index (χ1v) is 12.6. The summed E-state index contributed by atoms with van der Waals surface area (Å²) in [5.74, 6) is -0.883. The molecule has 39 heavy (non-hydrogen) atoms. The van der Waals surface area contributed by atoms with Gasteiger partial charge in [-0.15, -0.1) is 0 Å². The van der Waals surface area contributed by atoms with Crippen LogP contribution in [-0.4, -0.2) is 35.6 Å². The number of fused-ring (bicyclic) bond motifs is 2. The number of aromatic nitrogens is 2. The second-order valence-electron chi connectivity index (χ2n) is 9.91. The molecule has 0 amide bonds. The zero-order valence-electron chi connectivity index (χ0n) is 20.6. The fourth-order valence-electron chi connectivity index (χ4n) is 5.67.